The van der Waals surface area contributed by atoms with Crippen molar-refractivity contribution in [3.8, 4) is 0 Å². The minimum atomic E-state index is 0.0602. The number of nitrogens with one attached hydrogen (secondary N) is 1. The Morgan fingerprint density at radius 2 is 2.00 bits per heavy atom. The van der Waals surface area contributed by atoms with Crippen molar-refractivity contribution in [3.63, 3.8) is 0 Å². The lowest BCUT2D eigenvalue weighted by Crippen LogP contribution is -2.59. The number of hydrogen-bond donors (Lipinski definition) is 1. The van der Waals surface area contributed by atoms with Crippen LogP contribution in [0.5, 0.6) is 0 Å². The molecule has 1 aliphatic heterocycles. The number of rotatable bonds is 3. The summed E-state index contributed by atoms with van der Waals surface area (Å²) < 4.78 is 0. The quantitative estimate of drug-likeness (QED) is 0.675. The van der Waals surface area contributed by atoms with E-state index in [1.165, 1.54) is 43.2 Å². The van der Waals surface area contributed by atoms with Crippen molar-refractivity contribution in [2.45, 2.75) is 56.4 Å². The van der Waals surface area contributed by atoms with E-state index in [1.807, 2.05) is 13.1 Å². The van der Waals surface area contributed by atoms with Crippen LogP contribution >= 0.6 is 23.2 Å². The second-order valence-electron chi connectivity index (χ2n) is 9.24. The van der Waals surface area contributed by atoms with E-state index >= 15 is 0 Å². The monoisotopic (exact) mass is 442 g/mol. The zero-order chi connectivity index (χ0) is 20.9. The molecule has 2 fully saturated rings. The van der Waals surface area contributed by atoms with Crippen molar-refractivity contribution in [1.82, 2.24) is 5.32 Å². The van der Waals surface area contributed by atoms with Crippen LogP contribution < -0.4 is 10.2 Å². The molecule has 1 saturated heterocycles. The average Bonchev–Trinajstić information content (AvgIpc) is 2.75. The Morgan fingerprint density at radius 3 is 2.83 bits per heavy atom. The molecule has 5 heteroatoms. The molecule has 0 unspecified atom stereocenters. The fraction of sp³-hybridized carbons (Fsp3) is 0.480. The molecule has 158 valence electrons. The van der Waals surface area contributed by atoms with Gasteiger partial charge in [-0.05, 0) is 79.1 Å². The highest BCUT2D eigenvalue weighted by atomic mass is 35.5. The van der Waals surface area contributed by atoms with Gasteiger partial charge in [0.25, 0.3) is 0 Å². The van der Waals surface area contributed by atoms with Crippen molar-refractivity contribution < 1.29 is 4.79 Å². The lowest BCUT2D eigenvalue weighted by Gasteiger charge is -2.56. The van der Waals surface area contributed by atoms with E-state index in [0.29, 0.717) is 27.9 Å². The van der Waals surface area contributed by atoms with Gasteiger partial charge in [-0.1, -0.05) is 48.2 Å². The molecule has 2 aromatic rings. The van der Waals surface area contributed by atoms with E-state index in [1.54, 1.807) is 17.0 Å². The molecule has 3 aliphatic rings. The maximum atomic E-state index is 13.0. The summed E-state index contributed by atoms with van der Waals surface area (Å²) in [6, 6.07) is 12.7. The summed E-state index contributed by atoms with van der Waals surface area (Å²) in [7, 11) is 1.88. The number of anilines is 1. The highest BCUT2D eigenvalue weighted by Gasteiger charge is 2.51. The molecule has 5 rings (SSSR count). The maximum absolute atomic E-state index is 13.0. The first-order chi connectivity index (χ1) is 14.5. The summed E-state index contributed by atoms with van der Waals surface area (Å²) in [5.41, 5.74) is 5.16. The number of carbonyl (C=O) groups is 1. The van der Waals surface area contributed by atoms with Crippen molar-refractivity contribution in [1.29, 1.82) is 0 Å². The Balaban J connectivity index is 1.43. The van der Waals surface area contributed by atoms with E-state index < -0.39 is 0 Å². The number of carbonyl (C=O) groups excluding carboxylic acids is 1. The molecule has 0 radical (unpaired) electrons. The van der Waals surface area contributed by atoms with Crippen LogP contribution in [-0.4, -0.2) is 25.5 Å². The minimum absolute atomic E-state index is 0.0602. The van der Waals surface area contributed by atoms with Crippen molar-refractivity contribution in [2.24, 2.45) is 5.92 Å². The normalized spacial score (nSPS) is 27.2. The Morgan fingerprint density at radius 1 is 1.13 bits per heavy atom. The van der Waals surface area contributed by atoms with E-state index in [-0.39, 0.29) is 5.91 Å². The van der Waals surface area contributed by atoms with Crippen molar-refractivity contribution >= 4 is 34.8 Å². The molecular formula is C25H28Cl2N2O. The van der Waals surface area contributed by atoms with E-state index in [9.17, 15) is 4.79 Å². The molecule has 1 heterocycles. The predicted octanol–water partition coefficient (Wildman–Crippen LogP) is 5.54. The van der Waals surface area contributed by atoms with Crippen LogP contribution in [0.25, 0.3) is 0 Å². The van der Waals surface area contributed by atoms with Crippen LogP contribution in [0, 0.1) is 5.92 Å². The second-order valence-corrected chi connectivity index (χ2v) is 10.1. The number of fused-ring (bicyclic) bond motifs is 1. The predicted molar refractivity (Wildman–Crippen MR) is 124 cm³/mol. The zero-order valence-corrected chi connectivity index (χ0v) is 18.9. The fourth-order valence-corrected chi connectivity index (χ4v) is 6.53. The highest BCUT2D eigenvalue weighted by molar-refractivity contribution is 6.42. The summed E-state index contributed by atoms with van der Waals surface area (Å²) >= 11 is 12.1. The highest BCUT2D eigenvalue weighted by Crippen LogP contribution is 2.54. The number of hydrogen-bond acceptors (Lipinski definition) is 2. The van der Waals surface area contributed by atoms with Crippen LogP contribution in [0.4, 0.5) is 5.69 Å². The standard InChI is InChI=1S/C25H28Cl2N2O/c1-29(24(30)13-16-5-8-21(26)22(27)12-16)18-7-6-17-14-23-19-4-2-3-9-25(19,10-11-28-23)20(17)15-18/h5-8,12,15,19,23,28H,2-4,9-11,13-14H2,1H3/t19-,23+,25+/m0/s1. The van der Waals surface area contributed by atoms with Crippen LogP contribution in [-0.2, 0) is 23.1 Å². The molecule has 1 amide bonds. The molecular weight excluding hydrogens is 415 g/mol. The molecule has 1 saturated carbocycles. The van der Waals surface area contributed by atoms with Gasteiger partial charge in [-0.25, -0.2) is 0 Å². The first-order valence-electron chi connectivity index (χ1n) is 11.1. The van der Waals surface area contributed by atoms with E-state index in [0.717, 1.165) is 30.1 Å². The van der Waals surface area contributed by atoms with Gasteiger partial charge in [0.2, 0.25) is 5.91 Å². The lowest BCUT2D eigenvalue weighted by atomic mass is 9.53. The molecule has 2 aliphatic carbocycles. The summed E-state index contributed by atoms with van der Waals surface area (Å²) in [4.78, 5) is 14.8. The van der Waals surface area contributed by atoms with Crippen LogP contribution in [0.15, 0.2) is 36.4 Å². The molecule has 1 N–H and O–H groups in total. The molecule has 2 bridgehead atoms. The summed E-state index contributed by atoms with van der Waals surface area (Å²) in [5, 5.41) is 4.79. The first kappa shape index (κ1) is 20.4. The largest absolute Gasteiger partial charge is 0.315 e. The van der Waals surface area contributed by atoms with E-state index in [2.05, 4.69) is 23.5 Å². The molecule has 0 spiro atoms. The number of amides is 1. The smallest absolute Gasteiger partial charge is 0.231 e. The van der Waals surface area contributed by atoms with Gasteiger partial charge < -0.3 is 10.2 Å². The molecule has 30 heavy (non-hydrogen) atoms. The Labute approximate surface area is 188 Å². The van der Waals surface area contributed by atoms with Gasteiger partial charge in [0.1, 0.15) is 0 Å². The van der Waals surface area contributed by atoms with Crippen LogP contribution in [0.2, 0.25) is 10.0 Å². The first-order valence-corrected chi connectivity index (χ1v) is 11.8. The van der Waals surface area contributed by atoms with Crippen molar-refractivity contribution in [3.05, 3.63) is 63.1 Å². The third-order valence-corrected chi connectivity index (χ3v) is 8.47. The summed E-state index contributed by atoms with van der Waals surface area (Å²) in [5.74, 6) is 0.796. The van der Waals surface area contributed by atoms with Gasteiger partial charge in [-0.3, -0.25) is 4.79 Å². The molecule has 3 atom stereocenters. The Hall–Kier alpha value is -1.55. The van der Waals surface area contributed by atoms with Crippen LogP contribution in [0.3, 0.4) is 0 Å². The molecule has 2 aromatic carbocycles. The average molecular weight is 443 g/mol. The molecule has 3 nitrogen and oxygen atoms in total. The number of halogens is 2. The number of likely N-dealkylation sites (N-methyl/N-ethyl adjacent to an activating group) is 1. The Bertz CT molecular complexity index is 987. The lowest BCUT2D eigenvalue weighted by molar-refractivity contribution is -0.117. The SMILES string of the molecule is CN(C(=O)Cc1ccc(Cl)c(Cl)c1)c1ccc2c(c1)[C@@]13CCCC[C@H]1[C@@H](C2)NCC3. The fourth-order valence-electron chi connectivity index (χ4n) is 6.21. The van der Waals surface area contributed by atoms with Crippen molar-refractivity contribution in [2.75, 3.05) is 18.5 Å². The van der Waals surface area contributed by atoms with Gasteiger partial charge in [-0.2, -0.15) is 0 Å². The maximum Gasteiger partial charge on any atom is 0.231 e. The van der Waals surface area contributed by atoms with Gasteiger partial charge in [0.15, 0.2) is 0 Å². The Kier molecular flexibility index (Phi) is 5.33. The third-order valence-electron chi connectivity index (χ3n) is 7.73. The number of nitrogens with zero attached hydrogens (tertiary/aromatic N) is 1. The number of benzene rings is 2. The second kappa shape index (κ2) is 7.85. The minimum Gasteiger partial charge on any atom is -0.315 e. The van der Waals surface area contributed by atoms with E-state index in [4.69, 9.17) is 23.2 Å². The van der Waals surface area contributed by atoms with Gasteiger partial charge in [0.05, 0.1) is 16.5 Å². The van der Waals surface area contributed by atoms with Crippen LogP contribution in [0.1, 0.15) is 48.8 Å². The van der Waals surface area contributed by atoms with Gasteiger partial charge in [0, 0.05) is 24.2 Å². The topological polar surface area (TPSA) is 32.3 Å². The zero-order valence-electron chi connectivity index (χ0n) is 17.4. The van der Waals surface area contributed by atoms with Gasteiger partial charge in [-0.15, -0.1) is 0 Å². The summed E-state index contributed by atoms with van der Waals surface area (Å²) in [6.07, 6.45) is 7.92. The number of piperidine rings is 1. The summed E-state index contributed by atoms with van der Waals surface area (Å²) in [6.45, 7) is 1.11. The molecule has 0 aromatic heterocycles. The third kappa shape index (κ3) is 3.36. The van der Waals surface area contributed by atoms with Gasteiger partial charge >= 0.3 is 0 Å².